The largest absolute Gasteiger partial charge is 0.462 e. The van der Waals surface area contributed by atoms with Crippen LogP contribution in [0.2, 0.25) is 0 Å². The van der Waals surface area contributed by atoms with Gasteiger partial charge in [-0.25, -0.2) is 9.78 Å². The van der Waals surface area contributed by atoms with Crippen LogP contribution in [-0.2, 0) is 9.53 Å². The summed E-state index contributed by atoms with van der Waals surface area (Å²) >= 11 is 0. The van der Waals surface area contributed by atoms with Crippen molar-refractivity contribution in [2.24, 2.45) is 0 Å². The van der Waals surface area contributed by atoms with E-state index in [1.165, 1.54) is 51.4 Å². The highest BCUT2D eigenvalue weighted by Crippen LogP contribution is 2.31. The molecule has 0 fully saturated rings. The van der Waals surface area contributed by atoms with Gasteiger partial charge in [0, 0.05) is 0 Å². The molecule has 232 valence electrons. The van der Waals surface area contributed by atoms with E-state index in [2.05, 4.69) is 22.2 Å². The van der Waals surface area contributed by atoms with Crippen LogP contribution in [0.1, 0.15) is 100 Å². The van der Waals surface area contributed by atoms with Gasteiger partial charge in [0.25, 0.3) is 5.56 Å². The summed E-state index contributed by atoms with van der Waals surface area (Å²) in [7, 11) is 0. The van der Waals surface area contributed by atoms with Crippen molar-refractivity contribution < 1.29 is 19.1 Å². The number of hydrogen-bond donors (Lipinski definition) is 2. The Bertz CT molecular complexity index is 1580. The highest BCUT2D eigenvalue weighted by Gasteiger charge is 2.20. The van der Waals surface area contributed by atoms with Gasteiger partial charge in [-0.1, -0.05) is 95.0 Å². The van der Waals surface area contributed by atoms with Crippen LogP contribution in [0.15, 0.2) is 77.6 Å². The van der Waals surface area contributed by atoms with Gasteiger partial charge >= 0.3 is 5.97 Å². The fourth-order valence-corrected chi connectivity index (χ4v) is 4.98. The summed E-state index contributed by atoms with van der Waals surface area (Å²) in [6, 6.07) is 20.8. The van der Waals surface area contributed by atoms with Gasteiger partial charge in [0.2, 0.25) is 5.91 Å². The number of benzene rings is 3. The number of ether oxygens (including phenoxy) is 2. The van der Waals surface area contributed by atoms with E-state index < -0.39 is 11.9 Å². The van der Waals surface area contributed by atoms with E-state index in [0.717, 1.165) is 12.8 Å². The topological polar surface area (TPSA) is 110 Å². The molecule has 2 N–H and O–H groups in total. The third-order valence-corrected chi connectivity index (χ3v) is 7.61. The SMILES string of the molecule is CCCCCCCCCCCCOC(=O)c1cccc(Oc2ccccc2NC(=O)C(C)c2nc3ccccc3c(=O)[nH]2)c1. The minimum Gasteiger partial charge on any atom is -0.462 e. The molecule has 0 spiro atoms. The quantitative estimate of drug-likeness (QED) is 0.0932. The van der Waals surface area contributed by atoms with E-state index in [-0.39, 0.29) is 17.3 Å². The zero-order chi connectivity index (χ0) is 31.1. The summed E-state index contributed by atoms with van der Waals surface area (Å²) in [6.07, 6.45) is 12.2. The van der Waals surface area contributed by atoms with Crippen LogP contribution in [0.25, 0.3) is 10.9 Å². The maximum Gasteiger partial charge on any atom is 0.338 e. The second-order valence-electron chi connectivity index (χ2n) is 11.1. The normalized spacial score (nSPS) is 11.7. The van der Waals surface area contributed by atoms with Crippen molar-refractivity contribution >= 4 is 28.5 Å². The second-order valence-corrected chi connectivity index (χ2v) is 11.1. The summed E-state index contributed by atoms with van der Waals surface area (Å²) in [5, 5.41) is 3.35. The van der Waals surface area contributed by atoms with Crippen molar-refractivity contribution in [3.63, 3.8) is 0 Å². The molecular formula is C36H43N3O5. The number of para-hydroxylation sites is 3. The molecule has 8 heteroatoms. The Hall–Kier alpha value is -4.46. The molecule has 0 saturated heterocycles. The van der Waals surface area contributed by atoms with Gasteiger partial charge in [-0.2, -0.15) is 0 Å². The number of hydrogen-bond acceptors (Lipinski definition) is 6. The van der Waals surface area contributed by atoms with Crippen molar-refractivity contribution in [2.45, 2.75) is 84.0 Å². The van der Waals surface area contributed by atoms with E-state index in [1.54, 1.807) is 79.7 Å². The fourth-order valence-electron chi connectivity index (χ4n) is 4.98. The summed E-state index contributed by atoms with van der Waals surface area (Å²) in [6.45, 7) is 4.31. The Balaban J connectivity index is 1.28. The molecule has 1 unspecified atom stereocenters. The van der Waals surface area contributed by atoms with Gasteiger partial charge in [-0.05, 0) is 55.8 Å². The third-order valence-electron chi connectivity index (χ3n) is 7.61. The van der Waals surface area contributed by atoms with Crippen molar-refractivity contribution in [1.82, 2.24) is 9.97 Å². The molecule has 4 rings (SSSR count). The molecule has 3 aromatic carbocycles. The Morgan fingerprint density at radius 3 is 2.30 bits per heavy atom. The third kappa shape index (κ3) is 9.53. The van der Waals surface area contributed by atoms with Crippen LogP contribution in [0.5, 0.6) is 11.5 Å². The number of aromatic nitrogens is 2. The summed E-state index contributed by atoms with van der Waals surface area (Å²) in [5.74, 6) is -0.359. The molecule has 0 radical (unpaired) electrons. The lowest BCUT2D eigenvalue weighted by Crippen LogP contribution is -2.23. The Morgan fingerprint density at radius 1 is 0.841 bits per heavy atom. The van der Waals surface area contributed by atoms with Gasteiger partial charge in [-0.15, -0.1) is 0 Å². The zero-order valence-corrected chi connectivity index (χ0v) is 25.8. The standard InChI is InChI=1S/C36H43N3O5/c1-3-4-5-6-7-8-9-10-11-16-24-43-36(42)27-18-17-19-28(25-27)44-32-23-15-14-22-31(32)38-34(40)26(2)33-37-30-21-13-12-20-29(30)35(41)39-33/h12-15,17-23,25-26H,3-11,16,24H2,1-2H3,(H,38,40)(H,37,39,41). The van der Waals surface area contributed by atoms with Gasteiger partial charge in [0.1, 0.15) is 11.6 Å². The molecule has 0 aliphatic rings. The average molecular weight is 598 g/mol. The average Bonchev–Trinajstić information content (AvgIpc) is 3.04. The molecule has 0 aliphatic carbocycles. The molecule has 44 heavy (non-hydrogen) atoms. The predicted octanol–water partition coefficient (Wildman–Crippen LogP) is 8.54. The molecule has 1 aromatic heterocycles. The molecule has 0 bridgehead atoms. The number of nitrogens with zero attached hydrogens (tertiary/aromatic N) is 1. The first kappa shape index (κ1) is 32.5. The van der Waals surface area contributed by atoms with E-state index in [0.29, 0.717) is 40.3 Å². The summed E-state index contributed by atoms with van der Waals surface area (Å²) in [5.41, 5.74) is 1.07. The summed E-state index contributed by atoms with van der Waals surface area (Å²) < 4.78 is 11.6. The van der Waals surface area contributed by atoms with Crippen molar-refractivity contribution in [1.29, 1.82) is 0 Å². The number of aromatic amines is 1. The molecule has 4 aromatic rings. The second kappa shape index (κ2) is 17.0. The fraction of sp³-hybridized carbons (Fsp3) is 0.389. The van der Waals surface area contributed by atoms with Crippen LogP contribution in [0.3, 0.4) is 0 Å². The number of H-pyrrole nitrogens is 1. The molecule has 1 amide bonds. The number of unbranched alkanes of at least 4 members (excludes halogenated alkanes) is 9. The van der Waals surface area contributed by atoms with Crippen LogP contribution >= 0.6 is 0 Å². The lowest BCUT2D eigenvalue weighted by atomic mass is 10.1. The molecule has 0 aliphatic heterocycles. The highest BCUT2D eigenvalue weighted by atomic mass is 16.5. The number of rotatable bonds is 17. The first-order valence-electron chi connectivity index (χ1n) is 15.8. The number of nitrogens with one attached hydrogen (secondary N) is 2. The van der Waals surface area contributed by atoms with E-state index in [4.69, 9.17) is 9.47 Å². The lowest BCUT2D eigenvalue weighted by Gasteiger charge is -2.15. The van der Waals surface area contributed by atoms with Crippen LogP contribution in [-0.4, -0.2) is 28.5 Å². The number of amides is 1. The lowest BCUT2D eigenvalue weighted by molar-refractivity contribution is -0.117. The zero-order valence-electron chi connectivity index (χ0n) is 25.8. The van der Waals surface area contributed by atoms with Crippen molar-refractivity contribution in [3.05, 3.63) is 94.5 Å². The smallest absolute Gasteiger partial charge is 0.338 e. The van der Waals surface area contributed by atoms with E-state index in [1.807, 2.05) is 0 Å². The number of carbonyl (C=O) groups excluding carboxylic acids is 2. The first-order chi connectivity index (χ1) is 21.5. The Morgan fingerprint density at radius 2 is 1.52 bits per heavy atom. The van der Waals surface area contributed by atoms with Crippen molar-refractivity contribution in [2.75, 3.05) is 11.9 Å². The number of esters is 1. The molecular weight excluding hydrogens is 554 g/mol. The predicted molar refractivity (Wildman–Crippen MR) is 174 cm³/mol. The maximum atomic E-state index is 13.2. The minimum atomic E-state index is -0.728. The Labute approximate surface area is 259 Å². The summed E-state index contributed by atoms with van der Waals surface area (Å²) in [4.78, 5) is 45.5. The minimum absolute atomic E-state index is 0.272. The number of anilines is 1. The first-order valence-corrected chi connectivity index (χ1v) is 15.8. The van der Waals surface area contributed by atoms with Crippen LogP contribution < -0.4 is 15.6 Å². The Kier molecular flexibility index (Phi) is 12.5. The van der Waals surface area contributed by atoms with E-state index in [9.17, 15) is 14.4 Å². The van der Waals surface area contributed by atoms with Crippen LogP contribution in [0.4, 0.5) is 5.69 Å². The monoisotopic (exact) mass is 597 g/mol. The van der Waals surface area contributed by atoms with Gasteiger partial charge in [0.15, 0.2) is 5.75 Å². The number of carbonyl (C=O) groups is 2. The maximum absolute atomic E-state index is 13.2. The van der Waals surface area contributed by atoms with Gasteiger partial charge < -0.3 is 19.8 Å². The highest BCUT2D eigenvalue weighted by molar-refractivity contribution is 5.96. The molecule has 0 saturated carbocycles. The van der Waals surface area contributed by atoms with Crippen LogP contribution in [0, 0.1) is 0 Å². The molecule has 1 atom stereocenters. The van der Waals surface area contributed by atoms with Gasteiger partial charge in [-0.3, -0.25) is 9.59 Å². The van der Waals surface area contributed by atoms with Crippen molar-refractivity contribution in [3.8, 4) is 11.5 Å². The van der Waals surface area contributed by atoms with Gasteiger partial charge in [0.05, 0.1) is 34.7 Å². The number of fused-ring (bicyclic) bond motifs is 1. The molecule has 8 nitrogen and oxygen atoms in total. The molecule has 1 heterocycles. The van der Waals surface area contributed by atoms with E-state index >= 15 is 0 Å².